The lowest BCUT2D eigenvalue weighted by Crippen LogP contribution is -2.19. The van der Waals surface area contributed by atoms with E-state index in [1.807, 2.05) is 19.1 Å². The lowest BCUT2D eigenvalue weighted by atomic mass is 10.1. The van der Waals surface area contributed by atoms with E-state index < -0.39 is 0 Å². The fourth-order valence-electron chi connectivity index (χ4n) is 2.01. The van der Waals surface area contributed by atoms with Crippen molar-refractivity contribution in [2.45, 2.75) is 32.2 Å². The monoisotopic (exact) mass is 321 g/mol. The largest absolute Gasteiger partial charge is 0.339 e. The van der Waals surface area contributed by atoms with Crippen LogP contribution in [-0.4, -0.2) is 22.7 Å². The summed E-state index contributed by atoms with van der Waals surface area (Å²) in [5.74, 6) is 1.37. The van der Waals surface area contributed by atoms with Gasteiger partial charge in [0.15, 0.2) is 0 Å². The number of hydrogen-bond donors (Lipinski definition) is 1. The second-order valence-corrected chi connectivity index (χ2v) is 5.87. The summed E-state index contributed by atoms with van der Waals surface area (Å²) in [5.41, 5.74) is 2.16. The van der Waals surface area contributed by atoms with Crippen LogP contribution in [-0.2, 0) is 6.42 Å². The van der Waals surface area contributed by atoms with E-state index in [0.29, 0.717) is 11.7 Å². The van der Waals surface area contributed by atoms with Gasteiger partial charge in [0.25, 0.3) is 0 Å². The molecule has 1 aliphatic carbocycles. The molecule has 0 unspecified atom stereocenters. The topological polar surface area (TPSA) is 51.0 Å². The van der Waals surface area contributed by atoms with Crippen molar-refractivity contribution in [3.8, 4) is 11.4 Å². The summed E-state index contributed by atoms with van der Waals surface area (Å²) in [6.07, 6.45) is 3.39. The van der Waals surface area contributed by atoms with Crippen LogP contribution in [0.4, 0.5) is 0 Å². The van der Waals surface area contributed by atoms with E-state index in [-0.39, 0.29) is 0 Å². The number of aromatic nitrogens is 2. The first-order chi connectivity index (χ1) is 9.22. The third-order valence-electron chi connectivity index (χ3n) is 3.25. The number of nitrogens with one attached hydrogen (secondary N) is 1. The molecular weight excluding hydrogens is 306 g/mol. The van der Waals surface area contributed by atoms with Crippen molar-refractivity contribution in [3.63, 3.8) is 0 Å². The summed E-state index contributed by atoms with van der Waals surface area (Å²) in [7, 11) is 0. The molecule has 4 nitrogen and oxygen atoms in total. The van der Waals surface area contributed by atoms with Gasteiger partial charge in [-0.3, -0.25) is 0 Å². The molecule has 1 N–H and O–H groups in total. The van der Waals surface area contributed by atoms with E-state index in [1.165, 1.54) is 12.8 Å². The molecule has 5 heteroatoms. The van der Waals surface area contributed by atoms with Crippen LogP contribution in [0.3, 0.4) is 0 Å². The highest BCUT2D eigenvalue weighted by molar-refractivity contribution is 9.10. The number of benzene rings is 1. The maximum absolute atomic E-state index is 5.29. The van der Waals surface area contributed by atoms with E-state index in [2.05, 4.69) is 37.5 Å². The fourth-order valence-corrected chi connectivity index (χ4v) is 2.49. The molecule has 1 aromatic heterocycles. The number of rotatable bonds is 5. The van der Waals surface area contributed by atoms with Gasteiger partial charge in [0.2, 0.25) is 11.7 Å². The van der Waals surface area contributed by atoms with Crippen molar-refractivity contribution in [3.05, 3.63) is 34.1 Å². The van der Waals surface area contributed by atoms with Gasteiger partial charge in [0.05, 0.1) is 0 Å². The zero-order chi connectivity index (χ0) is 13.2. The predicted octanol–water partition coefficient (Wildman–Crippen LogP) is 3.10. The Morgan fingerprint density at radius 1 is 1.42 bits per heavy atom. The molecule has 1 aliphatic rings. The molecule has 1 saturated carbocycles. The molecule has 19 heavy (non-hydrogen) atoms. The Hall–Kier alpha value is -1.20. The van der Waals surface area contributed by atoms with Gasteiger partial charge in [-0.05, 0) is 43.5 Å². The summed E-state index contributed by atoms with van der Waals surface area (Å²) in [6, 6.07) is 6.78. The highest BCUT2D eigenvalue weighted by atomic mass is 79.9. The lowest BCUT2D eigenvalue weighted by molar-refractivity contribution is 0.376. The van der Waals surface area contributed by atoms with Gasteiger partial charge in [-0.1, -0.05) is 21.1 Å². The summed E-state index contributed by atoms with van der Waals surface area (Å²) in [5, 5.41) is 7.50. The first kappa shape index (κ1) is 12.8. The Balaban J connectivity index is 1.68. The van der Waals surface area contributed by atoms with Crippen LogP contribution in [0.15, 0.2) is 27.2 Å². The first-order valence-electron chi connectivity index (χ1n) is 6.55. The van der Waals surface area contributed by atoms with Gasteiger partial charge in [-0.25, -0.2) is 0 Å². The van der Waals surface area contributed by atoms with Gasteiger partial charge in [-0.15, -0.1) is 0 Å². The van der Waals surface area contributed by atoms with Crippen LogP contribution in [0.25, 0.3) is 11.4 Å². The van der Waals surface area contributed by atoms with Crippen molar-refractivity contribution < 1.29 is 4.52 Å². The molecule has 0 bridgehead atoms. The van der Waals surface area contributed by atoms with E-state index in [1.54, 1.807) is 0 Å². The predicted molar refractivity (Wildman–Crippen MR) is 76.9 cm³/mol. The maximum Gasteiger partial charge on any atom is 0.228 e. The Labute approximate surface area is 120 Å². The molecule has 3 rings (SSSR count). The van der Waals surface area contributed by atoms with Crippen molar-refractivity contribution in [2.75, 3.05) is 6.54 Å². The fraction of sp³-hybridized carbons (Fsp3) is 0.429. The smallest absolute Gasteiger partial charge is 0.228 e. The molecule has 0 aliphatic heterocycles. The third kappa shape index (κ3) is 3.22. The number of hydrogen-bond acceptors (Lipinski definition) is 4. The van der Waals surface area contributed by atoms with Crippen molar-refractivity contribution in [2.24, 2.45) is 0 Å². The van der Waals surface area contributed by atoms with Gasteiger partial charge < -0.3 is 9.84 Å². The molecule has 2 aromatic rings. The molecule has 100 valence electrons. The highest BCUT2D eigenvalue weighted by Crippen LogP contribution is 2.24. The summed E-state index contributed by atoms with van der Waals surface area (Å²) >= 11 is 3.46. The lowest BCUT2D eigenvalue weighted by Gasteiger charge is -2.00. The molecule has 0 atom stereocenters. The van der Waals surface area contributed by atoms with E-state index in [4.69, 9.17) is 4.52 Å². The minimum absolute atomic E-state index is 0.673. The summed E-state index contributed by atoms with van der Waals surface area (Å²) < 4.78 is 6.35. The van der Waals surface area contributed by atoms with Gasteiger partial charge in [0, 0.05) is 29.0 Å². The Morgan fingerprint density at radius 2 is 2.26 bits per heavy atom. The van der Waals surface area contributed by atoms with Gasteiger partial charge in [-0.2, -0.15) is 4.98 Å². The Morgan fingerprint density at radius 3 is 3.00 bits per heavy atom. The molecule has 1 fully saturated rings. The van der Waals surface area contributed by atoms with Crippen molar-refractivity contribution in [1.82, 2.24) is 15.5 Å². The molecule has 1 aromatic carbocycles. The zero-order valence-corrected chi connectivity index (χ0v) is 12.4. The summed E-state index contributed by atoms with van der Waals surface area (Å²) in [4.78, 5) is 4.46. The van der Waals surface area contributed by atoms with Gasteiger partial charge in [0.1, 0.15) is 0 Å². The zero-order valence-electron chi connectivity index (χ0n) is 10.8. The second-order valence-electron chi connectivity index (χ2n) is 4.95. The first-order valence-corrected chi connectivity index (χ1v) is 7.34. The SMILES string of the molecule is Cc1cc(Br)ccc1-c1noc(CCNC2CC2)n1. The van der Waals surface area contributed by atoms with Crippen LogP contribution < -0.4 is 5.32 Å². The number of nitrogens with zero attached hydrogens (tertiary/aromatic N) is 2. The second kappa shape index (κ2) is 5.43. The number of aryl methyl sites for hydroxylation is 1. The van der Waals surface area contributed by atoms with Crippen LogP contribution in [0, 0.1) is 6.92 Å². The van der Waals surface area contributed by atoms with E-state index >= 15 is 0 Å². The van der Waals surface area contributed by atoms with Gasteiger partial charge >= 0.3 is 0 Å². The van der Waals surface area contributed by atoms with Crippen LogP contribution in [0.1, 0.15) is 24.3 Å². The molecule has 0 radical (unpaired) electrons. The molecule has 1 heterocycles. The van der Waals surface area contributed by atoms with Crippen molar-refractivity contribution in [1.29, 1.82) is 0 Å². The van der Waals surface area contributed by atoms with Crippen LogP contribution in [0.5, 0.6) is 0 Å². The molecule has 0 spiro atoms. The van der Waals surface area contributed by atoms with Crippen molar-refractivity contribution >= 4 is 15.9 Å². The molecule has 0 amide bonds. The molecule has 0 saturated heterocycles. The van der Waals surface area contributed by atoms with Crippen LogP contribution in [0.2, 0.25) is 0 Å². The Kier molecular flexibility index (Phi) is 3.66. The van der Waals surface area contributed by atoms with Crippen LogP contribution >= 0.6 is 15.9 Å². The minimum atomic E-state index is 0.673. The standard InChI is InChI=1S/C14H16BrN3O/c1-9-8-10(15)2-5-12(9)14-17-13(19-18-14)6-7-16-11-3-4-11/h2,5,8,11,16H,3-4,6-7H2,1H3. The van der Waals surface area contributed by atoms with E-state index in [0.717, 1.165) is 34.6 Å². The highest BCUT2D eigenvalue weighted by Gasteiger charge is 2.20. The number of halogens is 1. The average Bonchev–Trinajstić information content (AvgIpc) is 3.07. The van der Waals surface area contributed by atoms with E-state index in [9.17, 15) is 0 Å². The summed E-state index contributed by atoms with van der Waals surface area (Å²) in [6.45, 7) is 2.95. The quantitative estimate of drug-likeness (QED) is 0.919. The Bertz CT molecular complexity index is 578. The molecular formula is C14H16BrN3O. The maximum atomic E-state index is 5.29. The minimum Gasteiger partial charge on any atom is -0.339 e. The average molecular weight is 322 g/mol. The third-order valence-corrected chi connectivity index (χ3v) is 3.74. The normalized spacial score (nSPS) is 14.8.